The minimum atomic E-state index is -2.79. The van der Waals surface area contributed by atoms with Crippen LogP contribution in [0.25, 0.3) is 0 Å². The van der Waals surface area contributed by atoms with Crippen molar-refractivity contribution in [3.63, 3.8) is 0 Å². The molecule has 0 radical (unpaired) electrons. The number of aryl methyl sites for hydroxylation is 1. The Morgan fingerprint density at radius 1 is 1.39 bits per heavy atom. The Hall–Kier alpha value is -1.50. The molecule has 0 aromatic carbocycles. The smallest absolute Gasteiger partial charge is 0.265 e. The fourth-order valence-electron chi connectivity index (χ4n) is 1.38. The number of nitrogens with one attached hydrogen (secondary N) is 1. The number of aromatic nitrogens is 2. The van der Waals surface area contributed by atoms with Crippen molar-refractivity contribution < 1.29 is 13.9 Å². The first kappa shape index (κ1) is 14.6. The van der Waals surface area contributed by atoms with E-state index in [1.807, 2.05) is 6.92 Å². The molecule has 0 bridgehead atoms. The highest BCUT2D eigenvalue weighted by atomic mass is 19.3. The van der Waals surface area contributed by atoms with Gasteiger partial charge in [-0.25, -0.2) is 18.7 Å². The van der Waals surface area contributed by atoms with Crippen LogP contribution in [0.5, 0.6) is 0 Å². The van der Waals surface area contributed by atoms with Gasteiger partial charge in [-0.3, -0.25) is 0 Å². The van der Waals surface area contributed by atoms with Crippen LogP contribution in [0.2, 0.25) is 0 Å². The van der Waals surface area contributed by atoms with Crippen molar-refractivity contribution in [2.24, 2.45) is 0 Å². The average Bonchev–Trinajstić information content (AvgIpc) is 2.31. The van der Waals surface area contributed by atoms with Gasteiger partial charge in [-0.15, -0.1) is 0 Å². The Morgan fingerprint density at radius 3 is 2.61 bits per heavy atom. The summed E-state index contributed by atoms with van der Waals surface area (Å²) in [6.45, 7) is 3.40. The molecule has 1 aromatic rings. The molecule has 1 unspecified atom stereocenters. The van der Waals surface area contributed by atoms with E-state index >= 15 is 0 Å². The number of nitrogens with zero attached hydrogens (tertiary/aromatic N) is 2. The van der Waals surface area contributed by atoms with E-state index in [-0.39, 0.29) is 6.54 Å². The van der Waals surface area contributed by atoms with E-state index in [2.05, 4.69) is 15.3 Å². The fraction of sp³-hybridized carbons (Fsp3) is 0.636. The normalized spacial score (nSPS) is 12.8. The second kappa shape index (κ2) is 6.44. The van der Waals surface area contributed by atoms with Crippen molar-refractivity contribution in [3.05, 3.63) is 11.4 Å². The van der Waals surface area contributed by atoms with Crippen molar-refractivity contribution in [1.82, 2.24) is 9.97 Å². The molecular weight excluding hydrogens is 242 g/mol. The zero-order valence-electron chi connectivity index (χ0n) is 10.5. The van der Waals surface area contributed by atoms with E-state index in [4.69, 9.17) is 10.8 Å². The maximum atomic E-state index is 12.2. The predicted molar refractivity (Wildman–Crippen MR) is 65.7 cm³/mol. The molecule has 0 spiro atoms. The van der Waals surface area contributed by atoms with Crippen molar-refractivity contribution in [2.45, 2.75) is 39.2 Å². The van der Waals surface area contributed by atoms with Gasteiger partial charge >= 0.3 is 0 Å². The zero-order chi connectivity index (χ0) is 13.7. The van der Waals surface area contributed by atoms with Gasteiger partial charge in [-0.05, 0) is 13.3 Å². The van der Waals surface area contributed by atoms with Gasteiger partial charge in [0, 0.05) is 18.5 Å². The van der Waals surface area contributed by atoms with Crippen molar-refractivity contribution in [2.75, 3.05) is 17.6 Å². The second-order valence-electron chi connectivity index (χ2n) is 4.03. The first-order valence-corrected chi connectivity index (χ1v) is 5.78. The largest absolute Gasteiger partial charge is 0.385 e. The summed E-state index contributed by atoms with van der Waals surface area (Å²) in [6, 6.07) is 0. The third kappa shape index (κ3) is 3.76. The van der Waals surface area contributed by atoms with E-state index in [0.717, 1.165) is 6.42 Å². The number of rotatable bonds is 6. The van der Waals surface area contributed by atoms with Gasteiger partial charge in [-0.2, -0.15) is 0 Å². The number of hydrogen-bond donors (Lipinski definition) is 3. The molecule has 0 aliphatic heterocycles. The minimum absolute atomic E-state index is 0.277. The highest BCUT2D eigenvalue weighted by molar-refractivity contribution is 5.54. The maximum Gasteiger partial charge on any atom is 0.265 e. The molecule has 0 saturated heterocycles. The molecule has 1 aromatic heterocycles. The third-order valence-corrected chi connectivity index (χ3v) is 2.47. The molecule has 0 fully saturated rings. The van der Waals surface area contributed by atoms with Crippen molar-refractivity contribution >= 4 is 11.6 Å². The molecule has 102 valence electrons. The lowest BCUT2D eigenvalue weighted by molar-refractivity contribution is 0.00380. The summed E-state index contributed by atoms with van der Waals surface area (Å²) in [5.41, 5.74) is 6.31. The average molecular weight is 260 g/mol. The SMILES string of the molecule is CCCc1nc(N)c(C)c(NCC(O)C(F)F)n1. The molecule has 4 N–H and O–H groups in total. The van der Waals surface area contributed by atoms with Crippen molar-refractivity contribution in [1.29, 1.82) is 0 Å². The summed E-state index contributed by atoms with van der Waals surface area (Å²) in [4.78, 5) is 8.30. The summed E-state index contributed by atoms with van der Waals surface area (Å²) in [5.74, 6) is 1.28. The van der Waals surface area contributed by atoms with E-state index in [0.29, 0.717) is 29.4 Å². The molecule has 1 rings (SSSR count). The number of halogens is 2. The highest BCUT2D eigenvalue weighted by Gasteiger charge is 2.17. The number of nitrogen functional groups attached to an aromatic ring is 1. The Labute approximate surface area is 104 Å². The molecule has 0 aliphatic carbocycles. The Morgan fingerprint density at radius 2 is 2.06 bits per heavy atom. The topological polar surface area (TPSA) is 84.1 Å². The number of hydrogen-bond acceptors (Lipinski definition) is 5. The number of nitrogens with two attached hydrogens (primary N) is 1. The Balaban J connectivity index is 2.80. The van der Waals surface area contributed by atoms with Crippen LogP contribution in [0, 0.1) is 6.92 Å². The van der Waals surface area contributed by atoms with Crippen LogP contribution in [0.1, 0.15) is 24.7 Å². The molecule has 0 saturated carbocycles. The van der Waals surface area contributed by atoms with Gasteiger partial charge in [0.15, 0.2) is 0 Å². The van der Waals surface area contributed by atoms with Gasteiger partial charge in [0.1, 0.15) is 23.6 Å². The third-order valence-electron chi connectivity index (χ3n) is 2.47. The van der Waals surface area contributed by atoms with E-state index < -0.39 is 12.5 Å². The van der Waals surface area contributed by atoms with Crippen LogP contribution in [0.3, 0.4) is 0 Å². The maximum absolute atomic E-state index is 12.2. The summed E-state index contributed by atoms with van der Waals surface area (Å²) < 4.78 is 24.3. The van der Waals surface area contributed by atoms with Gasteiger partial charge in [0.05, 0.1) is 0 Å². The van der Waals surface area contributed by atoms with Crippen molar-refractivity contribution in [3.8, 4) is 0 Å². The van der Waals surface area contributed by atoms with Gasteiger partial charge in [0.2, 0.25) is 0 Å². The van der Waals surface area contributed by atoms with Crippen LogP contribution in [-0.4, -0.2) is 34.1 Å². The molecule has 1 atom stereocenters. The zero-order valence-corrected chi connectivity index (χ0v) is 10.5. The summed E-state index contributed by atoms with van der Waals surface area (Å²) in [6.07, 6.45) is -2.99. The summed E-state index contributed by atoms with van der Waals surface area (Å²) in [5, 5.41) is 11.7. The van der Waals surface area contributed by atoms with E-state index in [9.17, 15) is 8.78 Å². The van der Waals surface area contributed by atoms with Crippen LogP contribution >= 0.6 is 0 Å². The summed E-state index contributed by atoms with van der Waals surface area (Å²) >= 11 is 0. The van der Waals surface area contributed by atoms with Crippen LogP contribution in [0.4, 0.5) is 20.4 Å². The quantitative estimate of drug-likeness (QED) is 0.719. The summed E-state index contributed by atoms with van der Waals surface area (Å²) in [7, 11) is 0. The molecule has 7 heteroatoms. The Kier molecular flexibility index (Phi) is 5.21. The number of aliphatic hydroxyl groups excluding tert-OH is 1. The fourth-order valence-corrected chi connectivity index (χ4v) is 1.38. The van der Waals surface area contributed by atoms with Gasteiger partial charge in [0.25, 0.3) is 6.43 Å². The van der Waals surface area contributed by atoms with Crippen LogP contribution in [-0.2, 0) is 6.42 Å². The first-order chi connectivity index (χ1) is 8.45. The standard InChI is InChI=1S/C11H18F2N4O/c1-3-4-8-16-10(14)6(2)11(17-8)15-5-7(18)9(12)13/h7,9,18H,3-5H2,1-2H3,(H3,14,15,16,17). The van der Waals surface area contributed by atoms with E-state index in [1.54, 1.807) is 6.92 Å². The van der Waals surface area contributed by atoms with Gasteiger partial charge in [-0.1, -0.05) is 6.92 Å². The lowest BCUT2D eigenvalue weighted by atomic mass is 10.2. The molecule has 1 heterocycles. The van der Waals surface area contributed by atoms with Crippen LogP contribution < -0.4 is 11.1 Å². The lowest BCUT2D eigenvalue weighted by Gasteiger charge is -2.14. The number of anilines is 2. The highest BCUT2D eigenvalue weighted by Crippen LogP contribution is 2.18. The molecule has 5 nitrogen and oxygen atoms in total. The first-order valence-electron chi connectivity index (χ1n) is 5.78. The van der Waals surface area contributed by atoms with E-state index in [1.165, 1.54) is 0 Å². The number of alkyl halides is 2. The van der Waals surface area contributed by atoms with Gasteiger partial charge < -0.3 is 16.2 Å². The second-order valence-corrected chi connectivity index (χ2v) is 4.03. The predicted octanol–water partition coefficient (Wildman–Crippen LogP) is 1.36. The molecule has 18 heavy (non-hydrogen) atoms. The molecule has 0 aliphatic rings. The monoisotopic (exact) mass is 260 g/mol. The molecule has 0 amide bonds. The van der Waals surface area contributed by atoms with Crippen LogP contribution in [0.15, 0.2) is 0 Å². The lowest BCUT2D eigenvalue weighted by Crippen LogP contribution is -2.27. The minimum Gasteiger partial charge on any atom is -0.385 e. The number of aliphatic hydroxyl groups is 1. The Bertz CT molecular complexity index is 401. The molecular formula is C11H18F2N4O.